The second-order valence-corrected chi connectivity index (χ2v) is 7.04. The zero-order chi connectivity index (χ0) is 20.8. The number of halogens is 4. The largest absolute Gasteiger partial charge is 0.490 e. The van der Waals surface area contributed by atoms with Crippen LogP contribution in [0, 0.1) is 11.6 Å². The molecular weight excluding hydrogens is 419 g/mol. The minimum absolute atomic E-state index is 0.0423. The lowest BCUT2D eigenvalue weighted by atomic mass is 10.2. The van der Waals surface area contributed by atoms with Crippen LogP contribution >= 0.6 is 23.2 Å². The normalized spacial score (nSPS) is 10.7. The van der Waals surface area contributed by atoms with Gasteiger partial charge in [0.05, 0.1) is 11.6 Å². The summed E-state index contributed by atoms with van der Waals surface area (Å²) < 4.78 is 37.8. The molecule has 0 saturated heterocycles. The average molecular weight is 438 g/mol. The van der Waals surface area contributed by atoms with Gasteiger partial charge < -0.3 is 14.8 Å². The Kier molecular flexibility index (Phi) is 7.18. The summed E-state index contributed by atoms with van der Waals surface area (Å²) in [7, 11) is 0. The molecule has 29 heavy (non-hydrogen) atoms. The van der Waals surface area contributed by atoms with Crippen LogP contribution in [0.2, 0.25) is 10.0 Å². The molecule has 0 fully saturated rings. The van der Waals surface area contributed by atoms with Crippen molar-refractivity contribution in [3.63, 3.8) is 0 Å². The lowest BCUT2D eigenvalue weighted by Crippen LogP contribution is -2.04. The van der Waals surface area contributed by atoms with Gasteiger partial charge in [-0.25, -0.2) is 8.78 Å². The fourth-order valence-electron chi connectivity index (χ4n) is 2.64. The van der Waals surface area contributed by atoms with Crippen LogP contribution in [0.25, 0.3) is 0 Å². The number of hydrogen-bond acceptors (Lipinski definition) is 3. The molecule has 0 aromatic heterocycles. The van der Waals surface area contributed by atoms with Gasteiger partial charge in [0, 0.05) is 23.3 Å². The fraction of sp³-hybridized carbons (Fsp3) is 0.182. The van der Waals surface area contributed by atoms with Crippen LogP contribution in [0.3, 0.4) is 0 Å². The van der Waals surface area contributed by atoms with E-state index in [9.17, 15) is 8.78 Å². The van der Waals surface area contributed by atoms with E-state index < -0.39 is 5.82 Å². The maximum atomic E-state index is 13.3. The molecule has 152 valence electrons. The minimum atomic E-state index is -0.475. The topological polar surface area (TPSA) is 30.5 Å². The third-order valence-electron chi connectivity index (χ3n) is 4.12. The van der Waals surface area contributed by atoms with Crippen molar-refractivity contribution >= 4 is 28.9 Å². The van der Waals surface area contributed by atoms with E-state index in [0.29, 0.717) is 35.4 Å². The molecule has 3 aromatic carbocycles. The molecule has 0 aliphatic rings. The number of anilines is 1. The monoisotopic (exact) mass is 437 g/mol. The zero-order valence-electron chi connectivity index (χ0n) is 15.6. The second kappa shape index (κ2) is 9.81. The average Bonchev–Trinajstić information content (AvgIpc) is 2.70. The summed E-state index contributed by atoms with van der Waals surface area (Å²) in [5.74, 6) is 0.269. The van der Waals surface area contributed by atoms with Gasteiger partial charge in [-0.1, -0.05) is 35.3 Å². The molecule has 0 heterocycles. The highest BCUT2D eigenvalue weighted by atomic mass is 35.5. The molecule has 0 unspecified atom stereocenters. The third-order valence-corrected chi connectivity index (χ3v) is 4.76. The Morgan fingerprint density at radius 3 is 2.28 bits per heavy atom. The molecule has 0 aliphatic heterocycles. The molecule has 0 saturated carbocycles. The van der Waals surface area contributed by atoms with Gasteiger partial charge in [-0.3, -0.25) is 0 Å². The van der Waals surface area contributed by atoms with Crippen LogP contribution in [0.1, 0.15) is 18.1 Å². The van der Waals surface area contributed by atoms with E-state index in [0.717, 1.165) is 11.1 Å². The summed E-state index contributed by atoms with van der Waals surface area (Å²) in [5.41, 5.74) is 2.27. The maximum absolute atomic E-state index is 13.3. The van der Waals surface area contributed by atoms with Gasteiger partial charge in [-0.2, -0.15) is 0 Å². The Labute approximate surface area is 178 Å². The van der Waals surface area contributed by atoms with Crippen LogP contribution in [0.4, 0.5) is 14.5 Å². The molecule has 7 heteroatoms. The zero-order valence-corrected chi connectivity index (χ0v) is 17.2. The van der Waals surface area contributed by atoms with Crippen LogP contribution in [-0.4, -0.2) is 6.61 Å². The number of nitrogens with one attached hydrogen (secondary N) is 1. The molecule has 0 aliphatic carbocycles. The smallest absolute Gasteiger partial charge is 0.163 e. The fourth-order valence-corrected chi connectivity index (χ4v) is 3.04. The Balaban J connectivity index is 1.74. The molecule has 3 rings (SSSR count). The lowest BCUT2D eigenvalue weighted by molar-refractivity contribution is 0.269. The maximum Gasteiger partial charge on any atom is 0.163 e. The minimum Gasteiger partial charge on any atom is -0.490 e. The highest BCUT2D eigenvalue weighted by Crippen LogP contribution is 2.35. The first-order chi connectivity index (χ1) is 14.0. The molecule has 3 nitrogen and oxygen atoms in total. The number of benzene rings is 3. The Bertz CT molecular complexity index is 981. The van der Waals surface area contributed by atoms with Crippen molar-refractivity contribution in [2.45, 2.75) is 20.1 Å². The van der Waals surface area contributed by atoms with Crippen molar-refractivity contribution in [1.82, 2.24) is 0 Å². The quantitative estimate of drug-likeness (QED) is 0.417. The van der Waals surface area contributed by atoms with Crippen LogP contribution in [-0.2, 0) is 13.2 Å². The summed E-state index contributed by atoms with van der Waals surface area (Å²) in [5, 5.41) is 3.69. The van der Waals surface area contributed by atoms with Crippen molar-refractivity contribution in [2.75, 3.05) is 11.9 Å². The van der Waals surface area contributed by atoms with Gasteiger partial charge in [0.25, 0.3) is 0 Å². The van der Waals surface area contributed by atoms with Gasteiger partial charge >= 0.3 is 0 Å². The first-order valence-electron chi connectivity index (χ1n) is 8.97. The van der Waals surface area contributed by atoms with Crippen molar-refractivity contribution in [3.8, 4) is 11.5 Å². The van der Waals surface area contributed by atoms with Crippen LogP contribution in [0.5, 0.6) is 11.5 Å². The summed E-state index contributed by atoms with van der Waals surface area (Å²) in [6, 6.07) is 14.0. The lowest BCUT2D eigenvalue weighted by Gasteiger charge is -2.16. The van der Waals surface area contributed by atoms with Crippen molar-refractivity contribution in [3.05, 3.63) is 87.4 Å². The summed E-state index contributed by atoms with van der Waals surface area (Å²) >= 11 is 12.2. The van der Waals surface area contributed by atoms with Gasteiger partial charge in [-0.05, 0) is 54.4 Å². The molecule has 1 N–H and O–H groups in total. The molecular formula is C22H19Cl2F2NO2. The van der Waals surface area contributed by atoms with Crippen LogP contribution in [0.15, 0.2) is 54.6 Å². The summed E-state index contributed by atoms with van der Waals surface area (Å²) in [4.78, 5) is 0. The van der Waals surface area contributed by atoms with E-state index in [2.05, 4.69) is 5.32 Å². The van der Waals surface area contributed by atoms with Crippen molar-refractivity contribution in [1.29, 1.82) is 0 Å². The van der Waals surface area contributed by atoms with Gasteiger partial charge in [0.1, 0.15) is 18.2 Å². The SMILES string of the molecule is CCOc1cc(CNc2ccc(F)c(Cl)c2)c(Cl)cc1OCc1ccc(F)cc1. The standard InChI is InChI=1S/C22H19Cl2F2NO2/c1-2-28-21-9-15(12-27-17-7-8-20(26)19(24)10-17)18(23)11-22(21)29-13-14-3-5-16(25)6-4-14/h3-11,27H,2,12-13H2,1H3. The van der Waals surface area contributed by atoms with E-state index in [-0.39, 0.29) is 17.4 Å². The highest BCUT2D eigenvalue weighted by molar-refractivity contribution is 6.31. The molecule has 0 amide bonds. The van der Waals surface area contributed by atoms with E-state index in [1.54, 1.807) is 30.3 Å². The predicted octanol–water partition coefficient (Wildman–Crippen LogP) is 6.86. The van der Waals surface area contributed by atoms with Crippen LogP contribution < -0.4 is 14.8 Å². The first-order valence-corrected chi connectivity index (χ1v) is 9.73. The molecule has 0 atom stereocenters. The van der Waals surface area contributed by atoms with Crippen molar-refractivity contribution in [2.24, 2.45) is 0 Å². The Morgan fingerprint density at radius 2 is 1.59 bits per heavy atom. The van der Waals surface area contributed by atoms with Gasteiger partial charge in [-0.15, -0.1) is 0 Å². The van der Waals surface area contributed by atoms with Crippen molar-refractivity contribution < 1.29 is 18.3 Å². The van der Waals surface area contributed by atoms with Gasteiger partial charge in [0.2, 0.25) is 0 Å². The second-order valence-electron chi connectivity index (χ2n) is 6.22. The van der Waals surface area contributed by atoms with E-state index in [4.69, 9.17) is 32.7 Å². The van der Waals surface area contributed by atoms with E-state index in [1.807, 2.05) is 6.92 Å². The number of ether oxygens (including phenoxy) is 2. The summed E-state index contributed by atoms with van der Waals surface area (Å²) in [6.45, 7) is 2.97. The highest BCUT2D eigenvalue weighted by Gasteiger charge is 2.12. The summed E-state index contributed by atoms with van der Waals surface area (Å²) in [6.07, 6.45) is 0. The number of rotatable bonds is 8. The van der Waals surface area contributed by atoms with Gasteiger partial charge in [0.15, 0.2) is 11.5 Å². The first kappa shape index (κ1) is 21.2. The van der Waals surface area contributed by atoms with E-state index >= 15 is 0 Å². The Hall–Kier alpha value is -2.50. The van der Waals surface area contributed by atoms with E-state index in [1.165, 1.54) is 24.3 Å². The molecule has 0 spiro atoms. The number of hydrogen-bond donors (Lipinski definition) is 1. The predicted molar refractivity (Wildman–Crippen MR) is 112 cm³/mol. The molecule has 0 radical (unpaired) electrons. The third kappa shape index (κ3) is 5.75. The molecule has 3 aromatic rings. The Morgan fingerprint density at radius 1 is 0.862 bits per heavy atom. The molecule has 0 bridgehead atoms.